The predicted octanol–water partition coefficient (Wildman–Crippen LogP) is 4.10. The molecule has 1 unspecified atom stereocenters. The summed E-state index contributed by atoms with van der Waals surface area (Å²) in [5.74, 6) is -1.54. The first-order chi connectivity index (χ1) is 11.0. The molecule has 0 fully saturated rings. The molecule has 7 heteroatoms. The average molecular weight is 355 g/mol. The number of hydrogen-bond acceptors (Lipinski definition) is 3. The number of anilines is 1. The molecule has 1 aliphatic rings. The maximum Gasteiger partial charge on any atom is 0.144 e. The maximum atomic E-state index is 14.2. The molecule has 0 saturated carbocycles. The molecule has 3 rings (SSSR count). The quantitative estimate of drug-likeness (QED) is 0.824. The molecule has 0 saturated heterocycles. The molecule has 0 aliphatic carbocycles. The van der Waals surface area contributed by atoms with Crippen LogP contribution in [0.1, 0.15) is 11.1 Å². The fourth-order valence-corrected chi connectivity index (χ4v) is 2.83. The van der Waals surface area contributed by atoms with Crippen LogP contribution in [0.2, 0.25) is 10.0 Å². The van der Waals surface area contributed by atoms with Crippen molar-refractivity contribution in [2.24, 2.45) is 4.99 Å². The topological polar surface area (TPSA) is 41.5 Å². The van der Waals surface area contributed by atoms with Gasteiger partial charge in [-0.25, -0.2) is 8.78 Å². The zero-order chi connectivity index (χ0) is 16.6. The number of benzene rings is 2. The molecule has 1 heterocycles. The number of nitrogens with one attached hydrogen (secondary N) is 1. The monoisotopic (exact) mass is 354 g/mol. The van der Waals surface area contributed by atoms with Crippen molar-refractivity contribution in [1.82, 2.24) is 0 Å². The highest BCUT2D eigenvalue weighted by Gasteiger charge is 2.26. The Morgan fingerprint density at radius 3 is 2.48 bits per heavy atom. The molecule has 118 valence electrons. The number of carbonyl (C=O) groups excluding carboxylic acids is 1. The van der Waals surface area contributed by atoms with Gasteiger partial charge in [-0.2, -0.15) is 0 Å². The number of rotatable bonds is 2. The highest BCUT2D eigenvalue weighted by atomic mass is 35.5. The van der Waals surface area contributed by atoms with E-state index in [0.717, 1.165) is 12.1 Å². The third-order valence-corrected chi connectivity index (χ3v) is 4.29. The van der Waals surface area contributed by atoms with Gasteiger partial charge in [0.15, 0.2) is 0 Å². The SMILES string of the molecule is O=CC1CN=C(c2c(F)cccc2F)c2c(ccc(Cl)c2Cl)N1. The van der Waals surface area contributed by atoms with E-state index in [1.165, 1.54) is 12.1 Å². The molecule has 23 heavy (non-hydrogen) atoms. The van der Waals surface area contributed by atoms with E-state index in [4.69, 9.17) is 23.2 Å². The van der Waals surface area contributed by atoms with E-state index in [0.29, 0.717) is 12.0 Å². The second-order valence-electron chi connectivity index (χ2n) is 4.96. The predicted molar refractivity (Wildman–Crippen MR) is 86.8 cm³/mol. The summed E-state index contributed by atoms with van der Waals surface area (Å²) in [5, 5.41) is 3.28. The maximum absolute atomic E-state index is 14.2. The summed E-state index contributed by atoms with van der Waals surface area (Å²) < 4.78 is 28.4. The Morgan fingerprint density at radius 2 is 1.83 bits per heavy atom. The van der Waals surface area contributed by atoms with Crippen molar-refractivity contribution < 1.29 is 13.6 Å². The zero-order valence-corrected chi connectivity index (χ0v) is 13.1. The van der Waals surface area contributed by atoms with Gasteiger partial charge in [-0.1, -0.05) is 29.3 Å². The second-order valence-corrected chi connectivity index (χ2v) is 5.74. The first kappa shape index (κ1) is 15.9. The van der Waals surface area contributed by atoms with Gasteiger partial charge in [-0.3, -0.25) is 4.99 Å². The summed E-state index contributed by atoms with van der Waals surface area (Å²) in [5.41, 5.74) is 0.439. The van der Waals surface area contributed by atoms with Crippen LogP contribution in [0.5, 0.6) is 0 Å². The molecular formula is C16H10Cl2F2N2O. The van der Waals surface area contributed by atoms with Crippen LogP contribution >= 0.6 is 23.2 Å². The van der Waals surface area contributed by atoms with Crippen molar-refractivity contribution in [2.75, 3.05) is 11.9 Å². The summed E-state index contributed by atoms with van der Waals surface area (Å²) in [6, 6.07) is 6.04. The van der Waals surface area contributed by atoms with Crippen LogP contribution in [0.25, 0.3) is 0 Å². The lowest BCUT2D eigenvalue weighted by Crippen LogP contribution is -2.23. The van der Waals surface area contributed by atoms with Crippen LogP contribution in [-0.2, 0) is 4.79 Å². The van der Waals surface area contributed by atoms with Gasteiger partial charge in [-0.05, 0) is 24.3 Å². The normalized spacial score (nSPS) is 16.9. The van der Waals surface area contributed by atoms with Gasteiger partial charge in [0.05, 0.1) is 27.9 Å². The molecule has 0 aromatic heterocycles. The summed E-state index contributed by atoms with van der Waals surface area (Å²) in [4.78, 5) is 15.3. The van der Waals surface area contributed by atoms with Gasteiger partial charge in [0.2, 0.25) is 0 Å². The van der Waals surface area contributed by atoms with Crippen LogP contribution in [0, 0.1) is 11.6 Å². The fourth-order valence-electron chi connectivity index (χ4n) is 2.42. The zero-order valence-electron chi connectivity index (χ0n) is 11.6. The van der Waals surface area contributed by atoms with Crippen molar-refractivity contribution in [3.05, 3.63) is 63.1 Å². The number of aliphatic imine (C=N–C) groups is 1. The van der Waals surface area contributed by atoms with Gasteiger partial charge in [0.25, 0.3) is 0 Å². The molecular weight excluding hydrogens is 345 g/mol. The Balaban J connectivity index is 2.31. The van der Waals surface area contributed by atoms with Gasteiger partial charge >= 0.3 is 0 Å². The summed E-state index contributed by atoms with van der Waals surface area (Å²) >= 11 is 12.3. The standard InChI is InChI=1S/C16H10Cl2F2N2O/c17-9-4-5-12-14(15(9)18)16(21-6-8(7-23)22-12)13-10(19)2-1-3-11(13)20/h1-5,7-8,22H,6H2. The van der Waals surface area contributed by atoms with Crippen molar-refractivity contribution >= 4 is 40.9 Å². The van der Waals surface area contributed by atoms with Gasteiger partial charge in [-0.15, -0.1) is 0 Å². The van der Waals surface area contributed by atoms with Gasteiger partial charge in [0.1, 0.15) is 24.0 Å². The molecule has 0 spiro atoms. The molecule has 1 N–H and O–H groups in total. The minimum absolute atomic E-state index is 0.0231. The van der Waals surface area contributed by atoms with E-state index in [-0.39, 0.29) is 33.4 Å². The van der Waals surface area contributed by atoms with Crippen LogP contribution in [-0.4, -0.2) is 24.6 Å². The third-order valence-electron chi connectivity index (χ3n) is 3.48. The van der Waals surface area contributed by atoms with Crippen LogP contribution in [0.15, 0.2) is 35.3 Å². The number of nitrogens with zero attached hydrogens (tertiary/aromatic N) is 1. The van der Waals surface area contributed by atoms with Crippen LogP contribution in [0.4, 0.5) is 14.5 Å². The van der Waals surface area contributed by atoms with E-state index in [2.05, 4.69) is 10.3 Å². The number of benzodiazepines with no additional fused rings is 1. The molecule has 2 aromatic rings. The van der Waals surface area contributed by atoms with Gasteiger partial charge in [0, 0.05) is 11.3 Å². The van der Waals surface area contributed by atoms with Crippen molar-refractivity contribution in [3.8, 4) is 0 Å². The average Bonchev–Trinajstić information content (AvgIpc) is 2.71. The molecule has 0 amide bonds. The van der Waals surface area contributed by atoms with E-state index in [9.17, 15) is 13.6 Å². The minimum Gasteiger partial charge on any atom is -0.373 e. The fraction of sp³-hybridized carbons (Fsp3) is 0.125. The number of aldehydes is 1. The Hall–Kier alpha value is -1.98. The van der Waals surface area contributed by atoms with Crippen LogP contribution in [0.3, 0.4) is 0 Å². The van der Waals surface area contributed by atoms with Crippen molar-refractivity contribution in [3.63, 3.8) is 0 Å². The lowest BCUT2D eigenvalue weighted by atomic mass is 9.99. The third kappa shape index (κ3) is 2.82. The number of fused-ring (bicyclic) bond motifs is 1. The number of carbonyl (C=O) groups is 1. The largest absolute Gasteiger partial charge is 0.373 e. The van der Waals surface area contributed by atoms with E-state index < -0.39 is 17.7 Å². The van der Waals surface area contributed by atoms with Crippen molar-refractivity contribution in [2.45, 2.75) is 6.04 Å². The molecule has 3 nitrogen and oxygen atoms in total. The smallest absolute Gasteiger partial charge is 0.144 e. The lowest BCUT2D eigenvalue weighted by molar-refractivity contribution is -0.108. The van der Waals surface area contributed by atoms with Crippen molar-refractivity contribution in [1.29, 1.82) is 0 Å². The Bertz CT molecular complexity index is 804. The number of hydrogen-bond donors (Lipinski definition) is 1. The molecule has 2 aromatic carbocycles. The van der Waals surface area contributed by atoms with E-state index in [1.807, 2.05) is 0 Å². The Morgan fingerprint density at radius 1 is 1.13 bits per heavy atom. The highest BCUT2D eigenvalue weighted by Crippen LogP contribution is 2.36. The highest BCUT2D eigenvalue weighted by molar-refractivity contribution is 6.45. The van der Waals surface area contributed by atoms with E-state index in [1.54, 1.807) is 6.07 Å². The Labute approximate surface area is 140 Å². The van der Waals surface area contributed by atoms with Gasteiger partial charge < -0.3 is 10.1 Å². The summed E-state index contributed by atoms with van der Waals surface area (Å²) in [7, 11) is 0. The van der Waals surface area contributed by atoms with E-state index >= 15 is 0 Å². The first-order valence-corrected chi connectivity index (χ1v) is 7.47. The number of halogens is 4. The van der Waals surface area contributed by atoms with Crippen LogP contribution < -0.4 is 5.32 Å². The summed E-state index contributed by atoms with van der Waals surface area (Å²) in [6.45, 7) is 0.0231. The molecule has 0 radical (unpaired) electrons. The molecule has 1 aliphatic heterocycles. The second kappa shape index (κ2) is 6.26. The Kier molecular flexibility index (Phi) is 4.33. The lowest BCUT2D eigenvalue weighted by Gasteiger charge is -2.15. The first-order valence-electron chi connectivity index (χ1n) is 6.72. The summed E-state index contributed by atoms with van der Waals surface area (Å²) in [6.07, 6.45) is 0.677. The molecule has 0 bridgehead atoms. The molecule has 1 atom stereocenters. The minimum atomic E-state index is -0.768.